The first-order chi connectivity index (χ1) is 6.99. The molecule has 0 amide bonds. The van der Waals surface area contributed by atoms with Gasteiger partial charge in [-0.2, -0.15) is 0 Å². The highest BCUT2D eigenvalue weighted by atomic mass is 35.5. The summed E-state index contributed by atoms with van der Waals surface area (Å²) in [4.78, 5) is 0. The normalized spacial score (nSPS) is 18.4. The molecule has 0 aromatic heterocycles. The average molecular weight is 226 g/mol. The summed E-state index contributed by atoms with van der Waals surface area (Å²) < 4.78 is 5.78. The van der Waals surface area contributed by atoms with Gasteiger partial charge in [-0.05, 0) is 18.6 Å². The Bertz CT molecular complexity index is 352. The monoisotopic (exact) mass is 225 g/mol. The summed E-state index contributed by atoms with van der Waals surface area (Å²) in [7, 11) is 0. The lowest BCUT2D eigenvalue weighted by Crippen LogP contribution is -2.27. The van der Waals surface area contributed by atoms with E-state index in [0.29, 0.717) is 11.6 Å². The highest BCUT2D eigenvalue weighted by Gasteiger charge is 2.25. The van der Waals surface area contributed by atoms with Crippen molar-refractivity contribution in [2.45, 2.75) is 20.8 Å². The molecule has 3 heteroatoms. The number of benzene rings is 1. The second kappa shape index (κ2) is 3.60. The minimum Gasteiger partial charge on any atom is -0.489 e. The summed E-state index contributed by atoms with van der Waals surface area (Å²) in [5, 5.41) is 4.10. The molecule has 0 unspecified atom stereocenters. The van der Waals surface area contributed by atoms with Crippen molar-refractivity contribution in [3.63, 3.8) is 0 Å². The predicted molar refractivity (Wildman–Crippen MR) is 64.0 cm³/mol. The van der Waals surface area contributed by atoms with Gasteiger partial charge in [0, 0.05) is 12.0 Å². The zero-order chi connectivity index (χ0) is 11.1. The van der Waals surface area contributed by atoms with Crippen LogP contribution >= 0.6 is 11.6 Å². The fourth-order valence-electron chi connectivity index (χ4n) is 1.66. The van der Waals surface area contributed by atoms with E-state index in [9.17, 15) is 0 Å². The Balaban J connectivity index is 2.43. The second-order valence-electron chi connectivity index (χ2n) is 4.87. The van der Waals surface area contributed by atoms with Gasteiger partial charge in [-0.1, -0.05) is 31.5 Å². The fraction of sp³-hybridized carbons (Fsp3) is 0.500. The van der Waals surface area contributed by atoms with E-state index in [1.807, 2.05) is 12.1 Å². The SMILES string of the molecule is Cc1ccc(Cl)c2c1NCC(C)(C)CO2. The smallest absolute Gasteiger partial charge is 0.161 e. The number of nitrogens with one attached hydrogen (secondary N) is 1. The van der Waals surface area contributed by atoms with Gasteiger partial charge in [-0.15, -0.1) is 0 Å². The van der Waals surface area contributed by atoms with Crippen LogP contribution in [-0.4, -0.2) is 13.2 Å². The van der Waals surface area contributed by atoms with Crippen LogP contribution in [0.4, 0.5) is 5.69 Å². The van der Waals surface area contributed by atoms with Gasteiger partial charge in [0.15, 0.2) is 5.75 Å². The van der Waals surface area contributed by atoms with E-state index in [1.165, 1.54) is 5.56 Å². The number of fused-ring (bicyclic) bond motifs is 1. The number of rotatable bonds is 0. The third kappa shape index (κ3) is 2.05. The van der Waals surface area contributed by atoms with E-state index in [1.54, 1.807) is 0 Å². The number of aryl methyl sites for hydroxylation is 1. The van der Waals surface area contributed by atoms with Crippen LogP contribution in [0, 0.1) is 12.3 Å². The van der Waals surface area contributed by atoms with Crippen molar-refractivity contribution in [2.75, 3.05) is 18.5 Å². The van der Waals surface area contributed by atoms with Crippen molar-refractivity contribution in [1.82, 2.24) is 0 Å². The number of anilines is 1. The molecule has 0 saturated carbocycles. The lowest BCUT2D eigenvalue weighted by molar-refractivity contribution is 0.200. The van der Waals surface area contributed by atoms with Gasteiger partial charge in [0.05, 0.1) is 17.3 Å². The summed E-state index contributed by atoms with van der Waals surface area (Å²) in [5.41, 5.74) is 2.34. The summed E-state index contributed by atoms with van der Waals surface area (Å²) >= 11 is 6.11. The molecule has 0 saturated heterocycles. The molecule has 0 radical (unpaired) electrons. The molecule has 1 aliphatic rings. The fourth-order valence-corrected chi connectivity index (χ4v) is 1.87. The number of hydrogen-bond acceptors (Lipinski definition) is 2. The Kier molecular flexibility index (Phi) is 2.55. The van der Waals surface area contributed by atoms with Crippen LogP contribution in [0.25, 0.3) is 0 Å². The van der Waals surface area contributed by atoms with Crippen LogP contribution in [0.1, 0.15) is 19.4 Å². The van der Waals surface area contributed by atoms with E-state index in [0.717, 1.165) is 18.0 Å². The van der Waals surface area contributed by atoms with Crippen molar-refractivity contribution >= 4 is 17.3 Å². The molecule has 1 aromatic carbocycles. The Morgan fingerprint density at radius 1 is 1.40 bits per heavy atom. The lowest BCUT2D eigenvalue weighted by atomic mass is 9.95. The molecule has 0 bridgehead atoms. The Morgan fingerprint density at radius 2 is 2.13 bits per heavy atom. The van der Waals surface area contributed by atoms with Crippen LogP contribution in [0.3, 0.4) is 0 Å². The summed E-state index contributed by atoms with van der Waals surface area (Å²) in [6.07, 6.45) is 0. The third-order valence-corrected chi connectivity index (χ3v) is 2.97. The summed E-state index contributed by atoms with van der Waals surface area (Å²) in [6.45, 7) is 8.01. The van der Waals surface area contributed by atoms with Crippen molar-refractivity contribution in [3.05, 3.63) is 22.7 Å². The van der Waals surface area contributed by atoms with Gasteiger partial charge in [0.1, 0.15) is 0 Å². The molecule has 82 valence electrons. The number of halogens is 1. The van der Waals surface area contributed by atoms with E-state index in [-0.39, 0.29) is 5.41 Å². The molecular weight excluding hydrogens is 210 g/mol. The van der Waals surface area contributed by atoms with Gasteiger partial charge in [0.2, 0.25) is 0 Å². The maximum atomic E-state index is 6.11. The van der Waals surface area contributed by atoms with Gasteiger partial charge in [-0.3, -0.25) is 0 Å². The molecule has 1 heterocycles. The molecule has 15 heavy (non-hydrogen) atoms. The molecule has 0 fully saturated rings. The Hall–Kier alpha value is -0.890. The van der Waals surface area contributed by atoms with Gasteiger partial charge < -0.3 is 10.1 Å². The molecule has 1 aliphatic heterocycles. The predicted octanol–water partition coefficient (Wildman–Crippen LogP) is 3.48. The van der Waals surface area contributed by atoms with E-state index in [2.05, 4.69) is 26.1 Å². The first kappa shape index (κ1) is 10.6. The standard InChI is InChI=1S/C12H16ClNO/c1-8-4-5-9(13)11-10(8)14-6-12(2,3)7-15-11/h4-5,14H,6-7H2,1-3H3. The van der Waals surface area contributed by atoms with Crippen LogP contribution in [0.15, 0.2) is 12.1 Å². The zero-order valence-electron chi connectivity index (χ0n) is 9.36. The first-order valence-corrected chi connectivity index (χ1v) is 5.53. The molecule has 1 N–H and O–H groups in total. The van der Waals surface area contributed by atoms with Crippen LogP contribution in [0.2, 0.25) is 5.02 Å². The Morgan fingerprint density at radius 3 is 2.87 bits per heavy atom. The van der Waals surface area contributed by atoms with E-state index in [4.69, 9.17) is 16.3 Å². The molecular formula is C12H16ClNO. The molecule has 0 spiro atoms. The topological polar surface area (TPSA) is 21.3 Å². The van der Waals surface area contributed by atoms with E-state index < -0.39 is 0 Å². The van der Waals surface area contributed by atoms with Crippen molar-refractivity contribution < 1.29 is 4.74 Å². The van der Waals surface area contributed by atoms with Gasteiger partial charge >= 0.3 is 0 Å². The van der Waals surface area contributed by atoms with Crippen molar-refractivity contribution in [2.24, 2.45) is 5.41 Å². The van der Waals surface area contributed by atoms with E-state index >= 15 is 0 Å². The van der Waals surface area contributed by atoms with Crippen LogP contribution in [0.5, 0.6) is 5.75 Å². The quantitative estimate of drug-likeness (QED) is 0.730. The highest BCUT2D eigenvalue weighted by Crippen LogP contribution is 2.39. The highest BCUT2D eigenvalue weighted by molar-refractivity contribution is 6.32. The second-order valence-corrected chi connectivity index (χ2v) is 5.28. The van der Waals surface area contributed by atoms with Crippen LogP contribution in [-0.2, 0) is 0 Å². The number of hydrogen-bond donors (Lipinski definition) is 1. The minimum atomic E-state index is 0.134. The molecule has 0 aliphatic carbocycles. The first-order valence-electron chi connectivity index (χ1n) is 5.15. The van der Waals surface area contributed by atoms with Crippen molar-refractivity contribution in [3.8, 4) is 5.75 Å². The summed E-state index contributed by atoms with van der Waals surface area (Å²) in [5.74, 6) is 0.794. The number of ether oxygens (including phenoxy) is 1. The largest absolute Gasteiger partial charge is 0.489 e. The molecule has 2 rings (SSSR count). The Labute approximate surface area is 95.6 Å². The third-order valence-electron chi connectivity index (χ3n) is 2.67. The summed E-state index contributed by atoms with van der Waals surface area (Å²) in [6, 6.07) is 3.89. The van der Waals surface area contributed by atoms with Crippen molar-refractivity contribution in [1.29, 1.82) is 0 Å². The van der Waals surface area contributed by atoms with Gasteiger partial charge in [0.25, 0.3) is 0 Å². The maximum Gasteiger partial charge on any atom is 0.161 e. The molecule has 0 atom stereocenters. The van der Waals surface area contributed by atoms with Gasteiger partial charge in [-0.25, -0.2) is 0 Å². The average Bonchev–Trinajstić information content (AvgIpc) is 2.32. The molecule has 1 aromatic rings. The zero-order valence-corrected chi connectivity index (χ0v) is 10.1. The lowest BCUT2D eigenvalue weighted by Gasteiger charge is -2.20. The molecule has 2 nitrogen and oxygen atoms in total. The maximum absolute atomic E-state index is 6.11. The van der Waals surface area contributed by atoms with Crippen LogP contribution < -0.4 is 10.1 Å². The minimum absolute atomic E-state index is 0.134.